The number of likely N-dealkylation sites (tertiary alicyclic amines) is 1. The van der Waals surface area contributed by atoms with Crippen LogP contribution < -0.4 is 5.32 Å². The van der Waals surface area contributed by atoms with Gasteiger partial charge in [-0.1, -0.05) is 12.8 Å². The Bertz CT molecular complexity index is 370. The second kappa shape index (κ2) is 7.99. The summed E-state index contributed by atoms with van der Waals surface area (Å²) in [5.41, 5.74) is 0. The van der Waals surface area contributed by atoms with E-state index < -0.39 is 5.38 Å². The van der Waals surface area contributed by atoms with Gasteiger partial charge in [0, 0.05) is 32.0 Å². The fourth-order valence-corrected chi connectivity index (χ4v) is 3.05. The first-order valence-electron chi connectivity index (χ1n) is 7.87. The quantitative estimate of drug-likeness (QED) is 0.725. The predicted octanol–water partition coefficient (Wildman–Crippen LogP) is 1.54. The van der Waals surface area contributed by atoms with Gasteiger partial charge in [0.05, 0.1) is 12.7 Å². The van der Waals surface area contributed by atoms with Gasteiger partial charge in [-0.3, -0.25) is 9.59 Å². The molecule has 0 aromatic carbocycles. The van der Waals surface area contributed by atoms with Gasteiger partial charge in [0.1, 0.15) is 5.38 Å². The molecule has 2 aliphatic rings. The van der Waals surface area contributed by atoms with E-state index in [-0.39, 0.29) is 17.7 Å². The topological polar surface area (TPSA) is 58.6 Å². The smallest absolute Gasteiger partial charge is 0.237 e. The van der Waals surface area contributed by atoms with Gasteiger partial charge in [-0.25, -0.2) is 0 Å². The Kier molecular flexibility index (Phi) is 6.30. The molecule has 1 saturated heterocycles. The second-order valence-corrected chi connectivity index (χ2v) is 6.70. The maximum atomic E-state index is 11.9. The standard InChI is InChI=1S/C15H25ClN2O3/c1-11(16)15(20)17-9-12-8-14(19)18(10-12)6-7-21-13-4-2-3-5-13/h11-13H,2-10H2,1H3,(H,17,20). The Labute approximate surface area is 131 Å². The van der Waals surface area contributed by atoms with E-state index in [1.54, 1.807) is 6.92 Å². The van der Waals surface area contributed by atoms with E-state index in [1.165, 1.54) is 12.8 Å². The van der Waals surface area contributed by atoms with E-state index in [0.717, 1.165) is 12.8 Å². The van der Waals surface area contributed by atoms with Crippen LogP contribution in [0.15, 0.2) is 0 Å². The van der Waals surface area contributed by atoms with Crippen LogP contribution in [0.25, 0.3) is 0 Å². The van der Waals surface area contributed by atoms with Gasteiger partial charge in [0.2, 0.25) is 11.8 Å². The molecule has 1 aliphatic heterocycles. The van der Waals surface area contributed by atoms with Crippen LogP contribution >= 0.6 is 11.6 Å². The molecule has 0 radical (unpaired) electrons. The van der Waals surface area contributed by atoms with Crippen molar-refractivity contribution >= 4 is 23.4 Å². The molecule has 120 valence electrons. The lowest BCUT2D eigenvalue weighted by atomic mass is 10.1. The SMILES string of the molecule is CC(Cl)C(=O)NCC1CC(=O)N(CCOC2CCCC2)C1. The molecular formula is C15H25ClN2O3. The fraction of sp³-hybridized carbons (Fsp3) is 0.867. The molecule has 2 fully saturated rings. The number of hydrogen-bond acceptors (Lipinski definition) is 3. The fourth-order valence-electron chi connectivity index (χ4n) is 2.98. The number of ether oxygens (including phenoxy) is 1. The molecule has 1 heterocycles. The maximum Gasteiger partial charge on any atom is 0.237 e. The summed E-state index contributed by atoms with van der Waals surface area (Å²) < 4.78 is 5.80. The minimum Gasteiger partial charge on any atom is -0.376 e. The molecule has 0 aromatic rings. The summed E-state index contributed by atoms with van der Waals surface area (Å²) in [4.78, 5) is 25.2. The van der Waals surface area contributed by atoms with Crippen molar-refractivity contribution in [2.75, 3.05) is 26.2 Å². The number of amides is 2. The monoisotopic (exact) mass is 316 g/mol. The van der Waals surface area contributed by atoms with Crippen molar-refractivity contribution in [1.82, 2.24) is 10.2 Å². The lowest BCUT2D eigenvalue weighted by Gasteiger charge is -2.18. The molecule has 0 spiro atoms. The van der Waals surface area contributed by atoms with Crippen molar-refractivity contribution in [3.8, 4) is 0 Å². The second-order valence-electron chi connectivity index (χ2n) is 6.05. The van der Waals surface area contributed by atoms with E-state index in [9.17, 15) is 9.59 Å². The maximum absolute atomic E-state index is 11.9. The molecule has 21 heavy (non-hydrogen) atoms. The molecule has 2 rings (SSSR count). The van der Waals surface area contributed by atoms with Gasteiger partial charge in [-0.15, -0.1) is 11.6 Å². The summed E-state index contributed by atoms with van der Waals surface area (Å²) in [6.07, 6.45) is 5.71. The average molecular weight is 317 g/mol. The molecule has 1 N–H and O–H groups in total. The highest BCUT2D eigenvalue weighted by Gasteiger charge is 2.29. The van der Waals surface area contributed by atoms with Crippen LogP contribution in [-0.2, 0) is 14.3 Å². The normalized spacial score (nSPS) is 24.6. The zero-order valence-corrected chi connectivity index (χ0v) is 13.4. The van der Waals surface area contributed by atoms with E-state index in [0.29, 0.717) is 38.8 Å². The molecule has 1 saturated carbocycles. The van der Waals surface area contributed by atoms with Crippen molar-refractivity contribution in [3.63, 3.8) is 0 Å². The van der Waals surface area contributed by atoms with Crippen LogP contribution in [0.2, 0.25) is 0 Å². The third-order valence-corrected chi connectivity index (χ3v) is 4.44. The van der Waals surface area contributed by atoms with Gasteiger partial charge in [-0.2, -0.15) is 0 Å². The van der Waals surface area contributed by atoms with Gasteiger partial charge >= 0.3 is 0 Å². The number of halogens is 1. The average Bonchev–Trinajstić information content (AvgIpc) is 3.06. The van der Waals surface area contributed by atoms with Crippen LogP contribution in [0.4, 0.5) is 0 Å². The Hall–Kier alpha value is -0.810. The highest BCUT2D eigenvalue weighted by molar-refractivity contribution is 6.30. The summed E-state index contributed by atoms with van der Waals surface area (Å²) in [7, 11) is 0. The first-order valence-corrected chi connectivity index (χ1v) is 8.31. The molecule has 2 amide bonds. The summed E-state index contributed by atoms with van der Waals surface area (Å²) >= 11 is 5.70. The van der Waals surface area contributed by atoms with Gasteiger partial charge in [0.15, 0.2) is 0 Å². The minimum absolute atomic E-state index is 0.156. The van der Waals surface area contributed by atoms with Crippen LogP contribution in [-0.4, -0.2) is 54.4 Å². The van der Waals surface area contributed by atoms with Crippen LogP contribution in [0.1, 0.15) is 39.0 Å². The Morgan fingerprint density at radius 1 is 1.48 bits per heavy atom. The van der Waals surface area contributed by atoms with Gasteiger partial charge in [0.25, 0.3) is 0 Å². The van der Waals surface area contributed by atoms with E-state index in [2.05, 4.69) is 5.32 Å². The number of nitrogens with zero attached hydrogens (tertiary/aromatic N) is 1. The minimum atomic E-state index is -0.530. The summed E-state index contributed by atoms with van der Waals surface area (Å²) in [5.74, 6) is 0.165. The lowest BCUT2D eigenvalue weighted by molar-refractivity contribution is -0.128. The number of carbonyl (C=O) groups excluding carboxylic acids is 2. The lowest BCUT2D eigenvalue weighted by Crippen LogP contribution is -2.35. The molecule has 0 aromatic heterocycles. The third-order valence-electron chi connectivity index (χ3n) is 4.24. The molecule has 6 heteroatoms. The summed E-state index contributed by atoms with van der Waals surface area (Å²) in [6, 6.07) is 0. The Morgan fingerprint density at radius 3 is 2.86 bits per heavy atom. The molecule has 5 nitrogen and oxygen atoms in total. The summed E-state index contributed by atoms with van der Waals surface area (Å²) in [6.45, 7) is 4.13. The van der Waals surface area contributed by atoms with Gasteiger partial charge in [-0.05, 0) is 19.8 Å². The van der Waals surface area contributed by atoms with Crippen molar-refractivity contribution < 1.29 is 14.3 Å². The van der Waals surface area contributed by atoms with Crippen LogP contribution in [0, 0.1) is 5.92 Å². The van der Waals surface area contributed by atoms with Crippen molar-refractivity contribution in [2.45, 2.75) is 50.5 Å². The van der Waals surface area contributed by atoms with Crippen molar-refractivity contribution in [1.29, 1.82) is 0 Å². The van der Waals surface area contributed by atoms with Gasteiger partial charge < -0.3 is 15.0 Å². The van der Waals surface area contributed by atoms with Crippen LogP contribution in [0.3, 0.4) is 0 Å². The molecule has 2 atom stereocenters. The summed E-state index contributed by atoms with van der Waals surface area (Å²) in [5, 5.41) is 2.26. The van der Waals surface area contributed by atoms with E-state index in [1.807, 2.05) is 4.90 Å². The first-order chi connectivity index (χ1) is 10.1. The Morgan fingerprint density at radius 2 is 2.19 bits per heavy atom. The van der Waals surface area contributed by atoms with Crippen molar-refractivity contribution in [3.05, 3.63) is 0 Å². The first kappa shape index (κ1) is 16.6. The van der Waals surface area contributed by atoms with Crippen LogP contribution in [0.5, 0.6) is 0 Å². The molecule has 2 unspecified atom stereocenters. The highest BCUT2D eigenvalue weighted by atomic mass is 35.5. The number of alkyl halides is 1. The zero-order chi connectivity index (χ0) is 15.2. The highest BCUT2D eigenvalue weighted by Crippen LogP contribution is 2.21. The Balaban J connectivity index is 1.63. The molecular weight excluding hydrogens is 292 g/mol. The molecule has 1 aliphatic carbocycles. The number of rotatable bonds is 7. The van der Waals surface area contributed by atoms with Crippen molar-refractivity contribution in [2.24, 2.45) is 5.92 Å². The third kappa shape index (κ3) is 5.15. The van der Waals surface area contributed by atoms with E-state index >= 15 is 0 Å². The van der Waals surface area contributed by atoms with E-state index in [4.69, 9.17) is 16.3 Å². The zero-order valence-electron chi connectivity index (χ0n) is 12.6. The molecule has 0 bridgehead atoms. The number of nitrogens with one attached hydrogen (secondary N) is 1. The predicted molar refractivity (Wildman–Crippen MR) is 81.2 cm³/mol. The number of carbonyl (C=O) groups is 2. The number of hydrogen-bond donors (Lipinski definition) is 1. The largest absolute Gasteiger partial charge is 0.376 e.